The zero-order valence-electron chi connectivity index (χ0n) is 9.54. The zero-order chi connectivity index (χ0) is 13.5. The Morgan fingerprint density at radius 1 is 1.29 bits per heavy atom. The van der Waals surface area contributed by atoms with Crippen LogP contribution in [0.1, 0.15) is 6.42 Å². The number of esters is 1. The van der Waals surface area contributed by atoms with Gasteiger partial charge in [0.25, 0.3) is 0 Å². The molecule has 0 aromatic carbocycles. The summed E-state index contributed by atoms with van der Waals surface area (Å²) in [6.45, 7) is -1.97. The molecule has 0 aliphatic heterocycles. The molecule has 5 nitrogen and oxygen atoms in total. The van der Waals surface area contributed by atoms with E-state index in [1.807, 2.05) is 0 Å². The van der Waals surface area contributed by atoms with Gasteiger partial charge in [-0.1, -0.05) is 0 Å². The number of methoxy groups -OCH3 is 1. The first-order chi connectivity index (χ1) is 7.76. The average Bonchev–Trinajstić information content (AvgIpc) is 2.22. The van der Waals surface area contributed by atoms with Crippen molar-refractivity contribution in [3.8, 4) is 0 Å². The third-order valence-corrected chi connectivity index (χ3v) is 1.75. The number of hydrogen-bond acceptors (Lipinski definition) is 4. The molecule has 0 spiro atoms. The lowest BCUT2D eigenvalue weighted by atomic mass is 10.4. The fraction of sp³-hybridized carbons (Fsp3) is 0.778. The number of rotatable bonds is 6. The van der Waals surface area contributed by atoms with Crippen LogP contribution in [0.4, 0.5) is 13.2 Å². The monoisotopic (exact) mass is 257 g/mol. The van der Waals surface area contributed by atoms with E-state index in [1.165, 1.54) is 14.2 Å². The van der Waals surface area contributed by atoms with E-state index >= 15 is 0 Å². The Morgan fingerprint density at radius 2 is 1.88 bits per heavy atom. The van der Waals surface area contributed by atoms with Gasteiger partial charge in [0.1, 0.15) is 13.2 Å². The van der Waals surface area contributed by atoms with Gasteiger partial charge in [-0.2, -0.15) is 13.2 Å². The first-order valence-corrected chi connectivity index (χ1v) is 4.71. The molecule has 0 heterocycles. The van der Waals surface area contributed by atoms with Crippen LogP contribution in [0.25, 0.3) is 0 Å². The van der Waals surface area contributed by atoms with Gasteiger partial charge in [0.2, 0.25) is 5.91 Å². The number of hydrogen-bond donors (Lipinski definition) is 0. The van der Waals surface area contributed by atoms with Crippen LogP contribution >= 0.6 is 0 Å². The zero-order valence-corrected chi connectivity index (χ0v) is 9.54. The average molecular weight is 257 g/mol. The molecule has 0 fully saturated rings. The topological polar surface area (TPSA) is 55.8 Å². The first kappa shape index (κ1) is 15.7. The van der Waals surface area contributed by atoms with Gasteiger partial charge in [-0.25, -0.2) is 0 Å². The van der Waals surface area contributed by atoms with E-state index in [0.717, 1.165) is 4.90 Å². The van der Waals surface area contributed by atoms with Crippen molar-refractivity contribution in [3.05, 3.63) is 0 Å². The molecule has 0 saturated heterocycles. The Hall–Kier alpha value is -1.31. The second-order valence-electron chi connectivity index (χ2n) is 3.24. The van der Waals surface area contributed by atoms with Crippen LogP contribution in [-0.4, -0.2) is 56.9 Å². The van der Waals surface area contributed by atoms with E-state index in [-0.39, 0.29) is 19.6 Å². The third-order valence-electron chi connectivity index (χ3n) is 1.75. The SMILES string of the molecule is COC(=O)CN(C)C(=O)CCOCC(F)(F)F. The second-order valence-corrected chi connectivity index (χ2v) is 3.24. The van der Waals surface area contributed by atoms with E-state index in [4.69, 9.17) is 0 Å². The highest BCUT2D eigenvalue weighted by Crippen LogP contribution is 2.14. The molecule has 0 aliphatic rings. The van der Waals surface area contributed by atoms with Crippen molar-refractivity contribution in [2.24, 2.45) is 0 Å². The highest BCUT2D eigenvalue weighted by atomic mass is 19.4. The maximum atomic E-state index is 11.7. The molecule has 0 saturated carbocycles. The quantitative estimate of drug-likeness (QED) is 0.516. The van der Waals surface area contributed by atoms with Gasteiger partial charge < -0.3 is 14.4 Å². The molecular formula is C9H14F3NO4. The van der Waals surface area contributed by atoms with E-state index in [0.29, 0.717) is 0 Å². The fourth-order valence-electron chi connectivity index (χ4n) is 0.885. The van der Waals surface area contributed by atoms with Gasteiger partial charge in [0, 0.05) is 7.05 Å². The van der Waals surface area contributed by atoms with Crippen molar-refractivity contribution in [1.82, 2.24) is 4.90 Å². The molecule has 0 atom stereocenters. The smallest absolute Gasteiger partial charge is 0.411 e. The standard InChI is InChI=1S/C9H14F3NO4/c1-13(5-8(15)16-2)7(14)3-4-17-6-9(10,11)12/h3-6H2,1-2H3. The van der Waals surface area contributed by atoms with Crippen LogP contribution in [0.2, 0.25) is 0 Å². The van der Waals surface area contributed by atoms with Crippen molar-refractivity contribution in [2.45, 2.75) is 12.6 Å². The van der Waals surface area contributed by atoms with Crippen LogP contribution in [0.3, 0.4) is 0 Å². The van der Waals surface area contributed by atoms with Gasteiger partial charge >= 0.3 is 12.1 Å². The molecule has 1 amide bonds. The normalized spacial score (nSPS) is 11.1. The number of halogens is 3. The Kier molecular flexibility index (Phi) is 6.55. The molecule has 0 aliphatic carbocycles. The summed E-state index contributed by atoms with van der Waals surface area (Å²) in [5, 5.41) is 0. The van der Waals surface area contributed by atoms with Gasteiger partial charge in [-0.15, -0.1) is 0 Å². The van der Waals surface area contributed by atoms with E-state index in [9.17, 15) is 22.8 Å². The highest BCUT2D eigenvalue weighted by Gasteiger charge is 2.27. The van der Waals surface area contributed by atoms with Crippen molar-refractivity contribution < 1.29 is 32.2 Å². The lowest BCUT2D eigenvalue weighted by molar-refractivity contribution is -0.175. The van der Waals surface area contributed by atoms with Crippen LogP contribution in [0.15, 0.2) is 0 Å². The van der Waals surface area contributed by atoms with E-state index in [2.05, 4.69) is 9.47 Å². The molecule has 0 N–H and O–H groups in total. The number of likely N-dealkylation sites (N-methyl/N-ethyl adjacent to an activating group) is 1. The molecule has 0 radical (unpaired) electrons. The van der Waals surface area contributed by atoms with Crippen LogP contribution < -0.4 is 0 Å². The molecule has 0 aromatic rings. The number of alkyl halides is 3. The summed E-state index contributed by atoms with van der Waals surface area (Å²) in [7, 11) is 2.52. The first-order valence-electron chi connectivity index (χ1n) is 4.71. The lowest BCUT2D eigenvalue weighted by Crippen LogP contribution is -2.33. The summed E-state index contributed by atoms with van der Waals surface area (Å²) < 4.78 is 43.6. The Labute approximate surface area is 96.5 Å². The minimum atomic E-state index is -4.40. The fourth-order valence-corrected chi connectivity index (χ4v) is 0.885. The Bertz CT molecular complexity index is 267. The predicted octanol–water partition coefficient (Wildman–Crippen LogP) is 0.587. The van der Waals surface area contributed by atoms with E-state index in [1.54, 1.807) is 0 Å². The van der Waals surface area contributed by atoms with Gasteiger partial charge in [0.15, 0.2) is 0 Å². The minimum absolute atomic E-state index is 0.219. The second kappa shape index (κ2) is 7.10. The summed E-state index contributed by atoms with van der Waals surface area (Å²) in [5.74, 6) is -1.09. The number of amides is 1. The summed E-state index contributed by atoms with van der Waals surface area (Å²) in [5.41, 5.74) is 0. The van der Waals surface area contributed by atoms with Gasteiger partial charge in [-0.3, -0.25) is 9.59 Å². The predicted molar refractivity (Wildman–Crippen MR) is 51.1 cm³/mol. The van der Waals surface area contributed by atoms with Crippen LogP contribution in [0.5, 0.6) is 0 Å². The van der Waals surface area contributed by atoms with Crippen LogP contribution in [0, 0.1) is 0 Å². The maximum Gasteiger partial charge on any atom is 0.411 e. The minimum Gasteiger partial charge on any atom is -0.468 e. The van der Waals surface area contributed by atoms with Gasteiger partial charge in [0.05, 0.1) is 20.1 Å². The summed E-state index contributed by atoms with van der Waals surface area (Å²) in [6, 6.07) is 0. The lowest BCUT2D eigenvalue weighted by Gasteiger charge is -2.15. The van der Waals surface area contributed by atoms with Crippen molar-refractivity contribution >= 4 is 11.9 Å². The summed E-state index contributed by atoms with van der Waals surface area (Å²) >= 11 is 0. The molecule has 0 rings (SSSR count). The molecule has 8 heteroatoms. The summed E-state index contributed by atoms with van der Waals surface area (Å²) in [4.78, 5) is 23.1. The van der Waals surface area contributed by atoms with Crippen molar-refractivity contribution in [2.75, 3.05) is 33.9 Å². The van der Waals surface area contributed by atoms with E-state index < -0.39 is 24.7 Å². The molecule has 0 unspecified atom stereocenters. The summed E-state index contributed by atoms with van der Waals surface area (Å²) in [6.07, 6.45) is -4.62. The maximum absolute atomic E-state index is 11.7. The molecule has 17 heavy (non-hydrogen) atoms. The number of carbonyl (C=O) groups is 2. The third kappa shape index (κ3) is 8.49. The molecular weight excluding hydrogens is 243 g/mol. The Morgan fingerprint density at radius 3 is 2.35 bits per heavy atom. The highest BCUT2D eigenvalue weighted by molar-refractivity contribution is 5.81. The largest absolute Gasteiger partial charge is 0.468 e. The number of ether oxygens (including phenoxy) is 2. The van der Waals surface area contributed by atoms with Crippen LogP contribution in [-0.2, 0) is 19.1 Å². The molecule has 0 bridgehead atoms. The molecule has 100 valence electrons. The van der Waals surface area contributed by atoms with Crippen molar-refractivity contribution in [3.63, 3.8) is 0 Å². The van der Waals surface area contributed by atoms with Crippen molar-refractivity contribution in [1.29, 1.82) is 0 Å². The number of carbonyl (C=O) groups excluding carboxylic acids is 2. The molecule has 0 aromatic heterocycles. The number of nitrogens with zero attached hydrogens (tertiary/aromatic N) is 1. The van der Waals surface area contributed by atoms with Gasteiger partial charge in [-0.05, 0) is 0 Å². The Balaban J connectivity index is 3.75.